The fourth-order valence-corrected chi connectivity index (χ4v) is 1.52. The molecule has 21 heavy (non-hydrogen) atoms. The van der Waals surface area contributed by atoms with Crippen molar-refractivity contribution in [3.63, 3.8) is 0 Å². The van der Waals surface area contributed by atoms with E-state index < -0.39 is 18.6 Å². The summed E-state index contributed by atoms with van der Waals surface area (Å²) in [5.41, 5.74) is 1.46. The zero-order chi connectivity index (χ0) is 15.9. The zero-order valence-electron chi connectivity index (χ0n) is 11.7. The van der Waals surface area contributed by atoms with E-state index in [1.807, 2.05) is 0 Å². The molecule has 0 aromatic heterocycles. The lowest BCUT2D eigenvalue weighted by Gasteiger charge is -2.06. The highest BCUT2D eigenvalue weighted by atomic mass is 19.4. The summed E-state index contributed by atoms with van der Waals surface area (Å²) in [5.74, 6) is -0.476. The molecule has 0 saturated carbocycles. The first-order valence-corrected chi connectivity index (χ1v) is 6.25. The summed E-state index contributed by atoms with van der Waals surface area (Å²) < 4.78 is 40.4. The van der Waals surface area contributed by atoms with Crippen LogP contribution in [0, 0.1) is 0 Å². The molecular weight excluding hydrogens is 287 g/mol. The van der Waals surface area contributed by atoms with Crippen molar-refractivity contribution < 1.29 is 27.5 Å². The molecule has 116 valence electrons. The molecular formula is C14H16F3NO3. The summed E-state index contributed by atoms with van der Waals surface area (Å²) in [5, 5.41) is 3.74. The minimum atomic E-state index is -4.18. The number of ether oxygens (including phenoxy) is 1. The Hall–Kier alpha value is -2.05. The van der Waals surface area contributed by atoms with Crippen molar-refractivity contribution in [3.05, 3.63) is 35.4 Å². The van der Waals surface area contributed by atoms with Gasteiger partial charge in [0, 0.05) is 6.42 Å². The van der Waals surface area contributed by atoms with E-state index in [0.29, 0.717) is 16.8 Å². The summed E-state index contributed by atoms with van der Waals surface area (Å²) in [6, 6.07) is 6.53. The topological polar surface area (TPSA) is 47.9 Å². The standard InChI is InChI=1S/C14H16F3NO3/c1-10(18-21-8-4-7-14(15,16)17)11-5-3-6-12(9-11)13(19)20-2/h3,5-6,9H,4,7-8H2,1-2H3/b18-10+. The first kappa shape index (κ1) is 17.0. The number of carbonyl (C=O) groups is 1. The normalized spacial score (nSPS) is 12.1. The van der Waals surface area contributed by atoms with Gasteiger partial charge < -0.3 is 9.57 Å². The number of nitrogens with zero attached hydrogens (tertiary/aromatic N) is 1. The van der Waals surface area contributed by atoms with Gasteiger partial charge in [0.2, 0.25) is 0 Å². The molecule has 0 saturated heterocycles. The smallest absolute Gasteiger partial charge is 0.389 e. The molecule has 0 heterocycles. The van der Waals surface area contributed by atoms with Crippen LogP contribution < -0.4 is 0 Å². The number of oxime groups is 1. The molecule has 0 bridgehead atoms. The molecule has 4 nitrogen and oxygen atoms in total. The molecule has 0 amide bonds. The summed E-state index contributed by atoms with van der Waals surface area (Å²) in [4.78, 5) is 16.2. The Morgan fingerprint density at radius 3 is 2.57 bits per heavy atom. The third-order valence-corrected chi connectivity index (χ3v) is 2.60. The van der Waals surface area contributed by atoms with Gasteiger partial charge in [-0.2, -0.15) is 13.2 Å². The van der Waals surface area contributed by atoms with Crippen molar-refractivity contribution in [1.29, 1.82) is 0 Å². The van der Waals surface area contributed by atoms with Crippen LogP contribution in [0.15, 0.2) is 29.4 Å². The number of alkyl halides is 3. The highest BCUT2D eigenvalue weighted by Gasteiger charge is 2.26. The highest BCUT2D eigenvalue weighted by Crippen LogP contribution is 2.21. The van der Waals surface area contributed by atoms with Crippen LogP contribution >= 0.6 is 0 Å². The zero-order valence-corrected chi connectivity index (χ0v) is 11.7. The number of rotatable bonds is 6. The molecule has 0 spiro atoms. The largest absolute Gasteiger partial charge is 0.465 e. The highest BCUT2D eigenvalue weighted by molar-refractivity contribution is 6.00. The molecule has 1 rings (SSSR count). The number of hydrogen-bond acceptors (Lipinski definition) is 4. The summed E-state index contributed by atoms with van der Waals surface area (Å²) in [6.07, 6.45) is -5.24. The lowest BCUT2D eigenvalue weighted by molar-refractivity contribution is -0.137. The van der Waals surface area contributed by atoms with Gasteiger partial charge in [0.05, 0.1) is 18.4 Å². The van der Waals surface area contributed by atoms with E-state index >= 15 is 0 Å². The lowest BCUT2D eigenvalue weighted by atomic mass is 10.1. The van der Waals surface area contributed by atoms with Crippen LogP contribution in [0.3, 0.4) is 0 Å². The van der Waals surface area contributed by atoms with Crippen LogP contribution in [0.4, 0.5) is 13.2 Å². The van der Waals surface area contributed by atoms with E-state index in [4.69, 9.17) is 4.84 Å². The minimum Gasteiger partial charge on any atom is -0.465 e. The molecule has 0 fully saturated rings. The van der Waals surface area contributed by atoms with E-state index in [-0.39, 0.29) is 13.0 Å². The molecule has 0 atom stereocenters. The Morgan fingerprint density at radius 1 is 1.29 bits per heavy atom. The Kier molecular flexibility index (Phi) is 6.20. The van der Waals surface area contributed by atoms with Crippen molar-refractivity contribution in [2.45, 2.75) is 25.9 Å². The number of benzene rings is 1. The monoisotopic (exact) mass is 303 g/mol. The van der Waals surface area contributed by atoms with E-state index in [9.17, 15) is 18.0 Å². The van der Waals surface area contributed by atoms with Crippen LogP contribution in [0.25, 0.3) is 0 Å². The van der Waals surface area contributed by atoms with E-state index in [1.54, 1.807) is 31.2 Å². The molecule has 7 heteroatoms. The van der Waals surface area contributed by atoms with Gasteiger partial charge in [-0.05, 0) is 31.0 Å². The van der Waals surface area contributed by atoms with Crippen molar-refractivity contribution in [2.75, 3.05) is 13.7 Å². The third-order valence-electron chi connectivity index (χ3n) is 2.60. The maximum Gasteiger partial charge on any atom is 0.389 e. The van der Waals surface area contributed by atoms with Gasteiger partial charge in [0.25, 0.3) is 0 Å². The fourth-order valence-electron chi connectivity index (χ4n) is 1.52. The third kappa shape index (κ3) is 6.29. The number of methoxy groups -OCH3 is 1. The second-order valence-electron chi connectivity index (χ2n) is 4.30. The summed E-state index contributed by atoms with van der Waals surface area (Å²) >= 11 is 0. The number of carbonyl (C=O) groups excluding carboxylic acids is 1. The summed E-state index contributed by atoms with van der Waals surface area (Å²) in [7, 11) is 1.28. The minimum absolute atomic E-state index is 0.118. The molecule has 0 aliphatic rings. The van der Waals surface area contributed by atoms with Crippen LogP contribution in [0.1, 0.15) is 35.7 Å². The van der Waals surface area contributed by atoms with Gasteiger partial charge in [0.1, 0.15) is 6.61 Å². The molecule has 0 radical (unpaired) electrons. The van der Waals surface area contributed by atoms with Crippen LogP contribution in [0.5, 0.6) is 0 Å². The lowest BCUT2D eigenvalue weighted by Crippen LogP contribution is -2.08. The van der Waals surface area contributed by atoms with Crippen molar-refractivity contribution in [3.8, 4) is 0 Å². The molecule has 0 N–H and O–H groups in total. The summed E-state index contributed by atoms with van der Waals surface area (Å²) in [6.45, 7) is 1.52. The maximum atomic E-state index is 11.9. The second kappa shape index (κ2) is 7.66. The first-order chi connectivity index (χ1) is 9.83. The molecule has 0 unspecified atom stereocenters. The van der Waals surface area contributed by atoms with E-state index in [1.165, 1.54) is 7.11 Å². The van der Waals surface area contributed by atoms with E-state index in [0.717, 1.165) is 0 Å². The van der Waals surface area contributed by atoms with Gasteiger partial charge in [-0.25, -0.2) is 4.79 Å². The number of hydrogen-bond donors (Lipinski definition) is 0. The molecule has 0 aliphatic heterocycles. The maximum absolute atomic E-state index is 11.9. The SMILES string of the molecule is COC(=O)c1cccc(/C(C)=N/OCCCC(F)(F)F)c1. The predicted molar refractivity (Wildman–Crippen MR) is 71.2 cm³/mol. The average Bonchev–Trinajstić information content (AvgIpc) is 2.44. The van der Waals surface area contributed by atoms with Gasteiger partial charge in [-0.3, -0.25) is 0 Å². The van der Waals surface area contributed by atoms with Crippen LogP contribution in [-0.2, 0) is 9.57 Å². The fraction of sp³-hybridized carbons (Fsp3) is 0.429. The molecule has 0 aliphatic carbocycles. The van der Waals surface area contributed by atoms with Gasteiger partial charge >= 0.3 is 12.1 Å². The van der Waals surface area contributed by atoms with Gasteiger partial charge in [-0.1, -0.05) is 17.3 Å². The second-order valence-corrected chi connectivity index (χ2v) is 4.30. The van der Waals surface area contributed by atoms with Gasteiger partial charge in [0.15, 0.2) is 0 Å². The van der Waals surface area contributed by atoms with Crippen molar-refractivity contribution in [1.82, 2.24) is 0 Å². The van der Waals surface area contributed by atoms with Gasteiger partial charge in [-0.15, -0.1) is 0 Å². The Labute approximate surface area is 120 Å². The van der Waals surface area contributed by atoms with Crippen LogP contribution in [-0.4, -0.2) is 31.6 Å². The number of esters is 1. The predicted octanol–water partition coefficient (Wildman–Crippen LogP) is 3.56. The Bertz CT molecular complexity index is 512. The number of halogens is 3. The van der Waals surface area contributed by atoms with Crippen molar-refractivity contribution >= 4 is 11.7 Å². The Morgan fingerprint density at radius 2 is 1.95 bits per heavy atom. The average molecular weight is 303 g/mol. The first-order valence-electron chi connectivity index (χ1n) is 6.25. The molecule has 1 aromatic carbocycles. The van der Waals surface area contributed by atoms with Crippen molar-refractivity contribution in [2.24, 2.45) is 5.16 Å². The van der Waals surface area contributed by atoms with E-state index in [2.05, 4.69) is 9.89 Å². The Balaban J connectivity index is 2.56. The quantitative estimate of drug-likeness (QED) is 0.349. The van der Waals surface area contributed by atoms with Crippen LogP contribution in [0.2, 0.25) is 0 Å². The molecule has 1 aromatic rings.